The van der Waals surface area contributed by atoms with Gasteiger partial charge in [-0.05, 0) is 17.7 Å². The summed E-state index contributed by atoms with van der Waals surface area (Å²) in [5.74, 6) is 0.867. The predicted octanol–water partition coefficient (Wildman–Crippen LogP) is 1.02. The van der Waals surface area contributed by atoms with Crippen LogP contribution in [0.25, 0.3) is 0 Å². The van der Waals surface area contributed by atoms with E-state index in [1.54, 1.807) is 0 Å². The van der Waals surface area contributed by atoms with Crippen molar-refractivity contribution >= 4 is 0 Å². The lowest BCUT2D eigenvalue weighted by Gasteiger charge is -2.21. The van der Waals surface area contributed by atoms with E-state index in [0.717, 1.165) is 45.1 Å². The van der Waals surface area contributed by atoms with Crippen molar-refractivity contribution in [1.29, 1.82) is 0 Å². The van der Waals surface area contributed by atoms with Crippen molar-refractivity contribution in [2.45, 2.75) is 24.7 Å². The number of ether oxygens (including phenoxy) is 3. The summed E-state index contributed by atoms with van der Waals surface area (Å²) in [6.07, 6.45) is 2.06. The highest BCUT2D eigenvalue weighted by molar-refractivity contribution is 5.27. The molecule has 3 unspecified atom stereocenters. The third-order valence-corrected chi connectivity index (χ3v) is 3.64. The summed E-state index contributed by atoms with van der Waals surface area (Å²) in [7, 11) is 0. The SMILES string of the molecule is c1cc(ON(CC2CO2)CC2CO2)ccc1CC1CO1. The van der Waals surface area contributed by atoms with Crippen molar-refractivity contribution in [2.24, 2.45) is 0 Å². The van der Waals surface area contributed by atoms with Crippen LogP contribution in [0.15, 0.2) is 24.3 Å². The van der Waals surface area contributed by atoms with Gasteiger partial charge < -0.3 is 19.0 Å². The van der Waals surface area contributed by atoms with Gasteiger partial charge in [-0.25, -0.2) is 0 Å². The van der Waals surface area contributed by atoms with E-state index in [0.29, 0.717) is 18.3 Å². The topological polar surface area (TPSA) is 50.1 Å². The van der Waals surface area contributed by atoms with Gasteiger partial charge in [-0.1, -0.05) is 12.1 Å². The van der Waals surface area contributed by atoms with Crippen LogP contribution in [-0.4, -0.2) is 56.3 Å². The van der Waals surface area contributed by atoms with Crippen LogP contribution in [0.3, 0.4) is 0 Å². The summed E-state index contributed by atoms with van der Waals surface area (Å²) in [4.78, 5) is 5.93. The summed E-state index contributed by atoms with van der Waals surface area (Å²) in [6, 6.07) is 8.26. The number of hydrogen-bond donors (Lipinski definition) is 0. The minimum absolute atomic E-state index is 0.319. The van der Waals surface area contributed by atoms with Crippen LogP contribution in [0, 0.1) is 0 Å². The molecule has 3 aliphatic rings. The van der Waals surface area contributed by atoms with Crippen LogP contribution in [0.2, 0.25) is 0 Å². The summed E-state index contributed by atoms with van der Waals surface area (Å²) in [5.41, 5.74) is 1.29. The van der Waals surface area contributed by atoms with Gasteiger partial charge in [0.1, 0.15) is 5.75 Å². The largest absolute Gasteiger partial charge is 0.406 e. The molecule has 20 heavy (non-hydrogen) atoms. The van der Waals surface area contributed by atoms with E-state index in [-0.39, 0.29) is 0 Å². The Labute approximate surface area is 118 Å². The van der Waals surface area contributed by atoms with Crippen molar-refractivity contribution in [3.8, 4) is 5.75 Å². The molecule has 4 rings (SSSR count). The minimum Gasteiger partial charge on any atom is -0.406 e. The summed E-state index contributed by atoms with van der Waals surface area (Å²) >= 11 is 0. The Kier molecular flexibility index (Phi) is 3.36. The van der Waals surface area contributed by atoms with Gasteiger partial charge in [-0.15, -0.1) is 5.06 Å². The summed E-state index contributed by atoms with van der Waals surface area (Å²) < 4.78 is 15.8. The summed E-state index contributed by atoms with van der Waals surface area (Å²) in [5, 5.41) is 1.95. The number of hydrogen-bond acceptors (Lipinski definition) is 5. The van der Waals surface area contributed by atoms with E-state index in [4.69, 9.17) is 19.0 Å². The average Bonchev–Trinajstić information content (AvgIpc) is 3.26. The molecule has 0 bridgehead atoms. The second-order valence-corrected chi connectivity index (χ2v) is 5.65. The molecular formula is C15H19NO4. The zero-order chi connectivity index (χ0) is 13.4. The molecule has 1 aromatic rings. The van der Waals surface area contributed by atoms with Gasteiger partial charge in [-0.2, -0.15) is 0 Å². The van der Waals surface area contributed by atoms with Crippen LogP contribution >= 0.6 is 0 Å². The number of epoxide rings is 3. The first kappa shape index (κ1) is 12.6. The standard InChI is InChI=1S/C15H19NO4/c1-3-12(4-2-11(1)5-13-8-17-13)20-16(6-14-9-18-14)7-15-10-19-15/h1-4,13-15H,5-10H2. The Hall–Kier alpha value is -1.14. The molecule has 0 amide bonds. The minimum atomic E-state index is 0.319. The van der Waals surface area contributed by atoms with Crippen molar-refractivity contribution < 1.29 is 19.0 Å². The van der Waals surface area contributed by atoms with Gasteiger partial charge >= 0.3 is 0 Å². The molecule has 3 aliphatic heterocycles. The molecule has 0 aliphatic carbocycles. The highest BCUT2D eigenvalue weighted by Crippen LogP contribution is 2.21. The number of benzene rings is 1. The highest BCUT2D eigenvalue weighted by atomic mass is 16.7. The molecule has 0 N–H and O–H groups in total. The zero-order valence-electron chi connectivity index (χ0n) is 11.4. The van der Waals surface area contributed by atoms with Crippen molar-refractivity contribution in [1.82, 2.24) is 5.06 Å². The molecule has 3 saturated heterocycles. The van der Waals surface area contributed by atoms with Gasteiger partial charge in [0.2, 0.25) is 0 Å². The molecule has 1 aromatic carbocycles. The fourth-order valence-corrected chi connectivity index (χ4v) is 2.23. The van der Waals surface area contributed by atoms with E-state index in [9.17, 15) is 0 Å². The Morgan fingerprint density at radius 3 is 1.95 bits per heavy atom. The van der Waals surface area contributed by atoms with Gasteiger partial charge in [0.15, 0.2) is 0 Å². The van der Waals surface area contributed by atoms with E-state index < -0.39 is 0 Å². The highest BCUT2D eigenvalue weighted by Gasteiger charge is 2.32. The maximum atomic E-state index is 5.93. The van der Waals surface area contributed by atoms with Gasteiger partial charge in [0.25, 0.3) is 0 Å². The first-order valence-electron chi connectivity index (χ1n) is 7.22. The first-order valence-corrected chi connectivity index (χ1v) is 7.22. The fourth-order valence-electron chi connectivity index (χ4n) is 2.23. The maximum Gasteiger partial charge on any atom is 0.147 e. The lowest BCUT2D eigenvalue weighted by molar-refractivity contribution is -0.0666. The molecule has 0 saturated carbocycles. The Balaban J connectivity index is 1.34. The molecule has 3 fully saturated rings. The Morgan fingerprint density at radius 1 is 0.900 bits per heavy atom. The van der Waals surface area contributed by atoms with Gasteiger partial charge in [0, 0.05) is 6.42 Å². The van der Waals surface area contributed by atoms with Gasteiger partial charge in [-0.3, -0.25) is 0 Å². The normalized spacial score (nSPS) is 30.4. The van der Waals surface area contributed by atoms with Crippen LogP contribution in [0.4, 0.5) is 0 Å². The van der Waals surface area contributed by atoms with E-state index in [1.165, 1.54) is 5.56 Å². The van der Waals surface area contributed by atoms with Gasteiger partial charge in [0.05, 0.1) is 51.2 Å². The molecule has 108 valence electrons. The average molecular weight is 277 g/mol. The molecule has 0 aromatic heterocycles. The van der Waals surface area contributed by atoms with Crippen LogP contribution in [-0.2, 0) is 20.6 Å². The monoisotopic (exact) mass is 277 g/mol. The molecule has 0 spiro atoms. The number of nitrogens with zero attached hydrogens (tertiary/aromatic N) is 1. The molecule has 3 atom stereocenters. The lowest BCUT2D eigenvalue weighted by Crippen LogP contribution is -2.34. The maximum absolute atomic E-state index is 5.93. The predicted molar refractivity (Wildman–Crippen MR) is 71.6 cm³/mol. The third kappa shape index (κ3) is 3.70. The van der Waals surface area contributed by atoms with Crippen LogP contribution in [0.5, 0.6) is 5.75 Å². The van der Waals surface area contributed by atoms with Crippen LogP contribution < -0.4 is 4.84 Å². The molecule has 5 heteroatoms. The first-order chi connectivity index (χ1) is 9.85. The van der Waals surface area contributed by atoms with E-state index >= 15 is 0 Å². The quantitative estimate of drug-likeness (QED) is 0.524. The summed E-state index contributed by atoms with van der Waals surface area (Å²) in [6.45, 7) is 4.18. The molecule has 0 radical (unpaired) electrons. The molecule has 3 heterocycles. The van der Waals surface area contributed by atoms with E-state index in [2.05, 4.69) is 12.1 Å². The second-order valence-electron chi connectivity index (χ2n) is 5.65. The Bertz CT molecular complexity index is 437. The zero-order valence-corrected chi connectivity index (χ0v) is 11.4. The van der Waals surface area contributed by atoms with Crippen molar-refractivity contribution in [2.75, 3.05) is 32.9 Å². The number of hydroxylamine groups is 2. The van der Waals surface area contributed by atoms with E-state index in [1.807, 2.05) is 17.2 Å². The second kappa shape index (κ2) is 5.33. The third-order valence-electron chi connectivity index (χ3n) is 3.64. The number of rotatable bonds is 8. The Morgan fingerprint density at radius 2 is 1.45 bits per heavy atom. The lowest BCUT2D eigenvalue weighted by atomic mass is 10.1. The molecular weight excluding hydrogens is 258 g/mol. The fraction of sp³-hybridized carbons (Fsp3) is 0.600. The smallest absolute Gasteiger partial charge is 0.147 e. The van der Waals surface area contributed by atoms with Crippen molar-refractivity contribution in [3.05, 3.63) is 29.8 Å². The molecule has 5 nitrogen and oxygen atoms in total. The van der Waals surface area contributed by atoms with Crippen molar-refractivity contribution in [3.63, 3.8) is 0 Å². The van der Waals surface area contributed by atoms with Crippen LogP contribution in [0.1, 0.15) is 5.56 Å².